The predicted molar refractivity (Wildman–Crippen MR) is 82.3 cm³/mol. The highest BCUT2D eigenvalue weighted by Gasteiger charge is 2.14. The summed E-state index contributed by atoms with van der Waals surface area (Å²) >= 11 is 17.8. The molecule has 6 heteroatoms. The molecule has 0 aromatic heterocycles. The zero-order valence-corrected chi connectivity index (χ0v) is 12.6. The summed E-state index contributed by atoms with van der Waals surface area (Å²) in [7, 11) is 0. The molecule has 2 aromatic carbocycles. The van der Waals surface area contributed by atoms with Gasteiger partial charge in [-0.05, 0) is 42.8 Å². The Morgan fingerprint density at radius 3 is 2.25 bits per heavy atom. The van der Waals surface area contributed by atoms with Crippen LogP contribution in [0.2, 0.25) is 15.1 Å². The maximum absolute atomic E-state index is 12.2. The number of hydrogen-bond acceptors (Lipinski definition) is 2. The molecule has 3 nitrogen and oxygen atoms in total. The molecule has 20 heavy (non-hydrogen) atoms. The second-order valence-electron chi connectivity index (χ2n) is 4.20. The fraction of sp³-hybridized carbons (Fsp3) is 0.0714. The number of nitrogens with one attached hydrogen (secondary N) is 1. The van der Waals surface area contributed by atoms with Crippen LogP contribution in [0.3, 0.4) is 0 Å². The van der Waals surface area contributed by atoms with Crippen molar-refractivity contribution >= 4 is 46.4 Å². The highest BCUT2D eigenvalue weighted by atomic mass is 35.5. The van der Waals surface area contributed by atoms with E-state index >= 15 is 0 Å². The number of phenolic OH excluding ortho intramolecular Hbond substituents is 1. The third-order valence-corrected chi connectivity index (χ3v) is 3.51. The molecular formula is C14H10Cl3NO2. The lowest BCUT2D eigenvalue weighted by molar-refractivity contribution is 0.102. The second kappa shape index (κ2) is 5.92. The van der Waals surface area contributed by atoms with Crippen molar-refractivity contribution in [3.63, 3.8) is 0 Å². The van der Waals surface area contributed by atoms with Gasteiger partial charge in [0.15, 0.2) is 0 Å². The molecule has 0 atom stereocenters. The quantitative estimate of drug-likeness (QED) is 0.821. The Balaban J connectivity index is 2.33. The molecule has 0 fully saturated rings. The summed E-state index contributed by atoms with van der Waals surface area (Å²) in [5.74, 6) is -0.268. The minimum atomic E-state index is -0.367. The van der Waals surface area contributed by atoms with Crippen molar-refractivity contribution in [1.82, 2.24) is 0 Å². The summed E-state index contributed by atoms with van der Waals surface area (Å²) in [4.78, 5) is 12.2. The molecule has 0 radical (unpaired) electrons. The van der Waals surface area contributed by atoms with Gasteiger partial charge in [0, 0.05) is 10.6 Å². The van der Waals surface area contributed by atoms with Crippen LogP contribution in [0.15, 0.2) is 30.3 Å². The number of anilines is 1. The zero-order valence-electron chi connectivity index (χ0n) is 10.4. The summed E-state index contributed by atoms with van der Waals surface area (Å²) in [5, 5.41) is 12.9. The molecule has 2 N–H and O–H groups in total. The van der Waals surface area contributed by atoms with Gasteiger partial charge in [-0.2, -0.15) is 0 Å². The Hall–Kier alpha value is -1.42. The first kappa shape index (κ1) is 15.0. The van der Waals surface area contributed by atoms with E-state index in [1.54, 1.807) is 6.92 Å². The maximum Gasteiger partial charge on any atom is 0.256 e. The Labute approximate surface area is 131 Å². The van der Waals surface area contributed by atoms with Gasteiger partial charge in [0.25, 0.3) is 5.91 Å². The van der Waals surface area contributed by atoms with Crippen molar-refractivity contribution in [3.05, 3.63) is 56.5 Å². The standard InChI is InChI=1S/C14H10Cl3NO2/c1-7-4-9(19)2-3-10(7)14(20)18-13-11(16)5-8(15)6-12(13)17/h2-6,19H,1H3,(H,18,20). The Morgan fingerprint density at radius 2 is 1.70 bits per heavy atom. The van der Waals surface area contributed by atoms with Crippen molar-refractivity contribution in [3.8, 4) is 5.75 Å². The van der Waals surface area contributed by atoms with Crippen LogP contribution < -0.4 is 5.32 Å². The molecule has 104 valence electrons. The third kappa shape index (κ3) is 3.18. The Kier molecular flexibility index (Phi) is 4.43. The average molecular weight is 331 g/mol. The lowest BCUT2D eigenvalue weighted by Crippen LogP contribution is -2.14. The minimum absolute atomic E-state index is 0.0987. The number of benzene rings is 2. The molecule has 2 aromatic rings. The van der Waals surface area contributed by atoms with E-state index in [0.717, 1.165) is 0 Å². The van der Waals surface area contributed by atoms with Gasteiger partial charge in [-0.15, -0.1) is 0 Å². The van der Waals surface area contributed by atoms with E-state index in [1.807, 2.05) is 0 Å². The first-order chi connectivity index (χ1) is 9.38. The average Bonchev–Trinajstić information content (AvgIpc) is 2.33. The number of aromatic hydroxyl groups is 1. The fourth-order valence-electron chi connectivity index (χ4n) is 1.75. The van der Waals surface area contributed by atoms with E-state index in [4.69, 9.17) is 34.8 Å². The Morgan fingerprint density at radius 1 is 1.10 bits per heavy atom. The van der Waals surface area contributed by atoms with Crippen LogP contribution in [-0.2, 0) is 0 Å². The number of carbonyl (C=O) groups is 1. The van der Waals surface area contributed by atoms with Crippen LogP contribution in [0.5, 0.6) is 5.75 Å². The summed E-state index contributed by atoms with van der Waals surface area (Å²) in [5.41, 5.74) is 1.36. The Bertz CT molecular complexity index is 663. The van der Waals surface area contributed by atoms with Crippen LogP contribution in [0.4, 0.5) is 5.69 Å². The van der Waals surface area contributed by atoms with Crippen molar-refractivity contribution < 1.29 is 9.90 Å². The lowest BCUT2D eigenvalue weighted by atomic mass is 10.1. The predicted octanol–water partition coefficient (Wildman–Crippen LogP) is 4.91. The van der Waals surface area contributed by atoms with Gasteiger partial charge in [-0.3, -0.25) is 4.79 Å². The summed E-state index contributed by atoms with van der Waals surface area (Å²) in [6.07, 6.45) is 0. The van der Waals surface area contributed by atoms with Gasteiger partial charge in [-0.1, -0.05) is 34.8 Å². The van der Waals surface area contributed by atoms with Crippen molar-refractivity contribution in [1.29, 1.82) is 0 Å². The number of aryl methyl sites for hydroxylation is 1. The highest BCUT2D eigenvalue weighted by molar-refractivity contribution is 6.42. The van der Waals surface area contributed by atoms with E-state index in [-0.39, 0.29) is 21.7 Å². The molecule has 0 heterocycles. The van der Waals surface area contributed by atoms with Crippen LogP contribution >= 0.6 is 34.8 Å². The van der Waals surface area contributed by atoms with Crippen LogP contribution in [0, 0.1) is 6.92 Å². The number of hydrogen-bond donors (Lipinski definition) is 2. The number of amides is 1. The molecule has 1 amide bonds. The summed E-state index contributed by atoms with van der Waals surface area (Å²) < 4.78 is 0. The van der Waals surface area contributed by atoms with Crippen LogP contribution in [0.25, 0.3) is 0 Å². The zero-order chi connectivity index (χ0) is 14.9. The second-order valence-corrected chi connectivity index (χ2v) is 5.45. The topological polar surface area (TPSA) is 49.3 Å². The summed E-state index contributed by atoms with van der Waals surface area (Å²) in [6.45, 7) is 1.72. The van der Waals surface area contributed by atoms with E-state index < -0.39 is 0 Å². The number of halogens is 3. The first-order valence-corrected chi connectivity index (χ1v) is 6.77. The minimum Gasteiger partial charge on any atom is -0.508 e. The van der Waals surface area contributed by atoms with Gasteiger partial charge in [-0.25, -0.2) is 0 Å². The van der Waals surface area contributed by atoms with E-state index in [1.165, 1.54) is 30.3 Å². The number of carbonyl (C=O) groups excluding carboxylic acids is 1. The molecule has 0 spiro atoms. The molecule has 0 unspecified atom stereocenters. The van der Waals surface area contributed by atoms with Gasteiger partial charge < -0.3 is 10.4 Å². The molecule has 0 aliphatic rings. The van der Waals surface area contributed by atoms with E-state index in [2.05, 4.69) is 5.32 Å². The van der Waals surface area contributed by atoms with Gasteiger partial charge in [0.05, 0.1) is 15.7 Å². The molecule has 2 rings (SSSR count). The molecule has 0 bridgehead atoms. The molecular weight excluding hydrogens is 321 g/mol. The largest absolute Gasteiger partial charge is 0.508 e. The monoisotopic (exact) mass is 329 g/mol. The van der Waals surface area contributed by atoms with Gasteiger partial charge in [0.2, 0.25) is 0 Å². The van der Waals surface area contributed by atoms with Crippen molar-refractivity contribution in [2.24, 2.45) is 0 Å². The van der Waals surface area contributed by atoms with Gasteiger partial charge in [0.1, 0.15) is 5.75 Å². The maximum atomic E-state index is 12.2. The third-order valence-electron chi connectivity index (χ3n) is 2.70. The number of rotatable bonds is 2. The van der Waals surface area contributed by atoms with Crippen molar-refractivity contribution in [2.75, 3.05) is 5.32 Å². The van der Waals surface area contributed by atoms with Crippen molar-refractivity contribution in [2.45, 2.75) is 6.92 Å². The molecule has 0 saturated heterocycles. The SMILES string of the molecule is Cc1cc(O)ccc1C(=O)Nc1c(Cl)cc(Cl)cc1Cl. The summed E-state index contributed by atoms with van der Waals surface area (Å²) in [6, 6.07) is 7.45. The van der Waals surface area contributed by atoms with E-state index in [0.29, 0.717) is 21.8 Å². The molecule has 0 aliphatic heterocycles. The van der Waals surface area contributed by atoms with Crippen LogP contribution in [0.1, 0.15) is 15.9 Å². The number of phenols is 1. The molecule has 0 aliphatic carbocycles. The normalized spacial score (nSPS) is 10.4. The van der Waals surface area contributed by atoms with Gasteiger partial charge >= 0.3 is 0 Å². The van der Waals surface area contributed by atoms with E-state index in [9.17, 15) is 9.90 Å². The smallest absolute Gasteiger partial charge is 0.256 e. The lowest BCUT2D eigenvalue weighted by Gasteiger charge is -2.11. The van der Waals surface area contributed by atoms with Crippen LogP contribution in [-0.4, -0.2) is 11.0 Å². The molecule has 0 saturated carbocycles. The first-order valence-electron chi connectivity index (χ1n) is 5.64. The highest BCUT2D eigenvalue weighted by Crippen LogP contribution is 2.34. The fourth-order valence-corrected chi connectivity index (χ4v) is 2.66.